The van der Waals surface area contributed by atoms with Gasteiger partial charge < -0.3 is 15.1 Å². The lowest BCUT2D eigenvalue weighted by atomic mass is 9.93. The molecule has 2 fully saturated rings. The number of nitrogens with zero attached hydrogens (tertiary/aromatic N) is 2. The van der Waals surface area contributed by atoms with E-state index in [-0.39, 0.29) is 0 Å². The van der Waals surface area contributed by atoms with Crippen LogP contribution in [-0.4, -0.2) is 62.2 Å². The highest BCUT2D eigenvalue weighted by molar-refractivity contribution is 4.83. The molecule has 0 atom stereocenters. The van der Waals surface area contributed by atoms with Gasteiger partial charge in [0.05, 0.1) is 0 Å². The van der Waals surface area contributed by atoms with E-state index >= 15 is 0 Å². The van der Waals surface area contributed by atoms with Crippen LogP contribution in [0, 0.1) is 5.92 Å². The van der Waals surface area contributed by atoms with Gasteiger partial charge in [-0.1, -0.05) is 6.92 Å². The first-order valence-electron chi connectivity index (χ1n) is 7.94. The SMILES string of the molecule is CCCN1CCC(N2CCC(CNC)CC2)CC1. The Labute approximate surface area is 113 Å². The average molecular weight is 253 g/mol. The van der Waals surface area contributed by atoms with Crippen LogP contribution in [0.25, 0.3) is 0 Å². The zero-order valence-corrected chi connectivity index (χ0v) is 12.3. The Morgan fingerprint density at radius 1 is 1.00 bits per heavy atom. The monoisotopic (exact) mass is 253 g/mol. The number of hydrogen-bond acceptors (Lipinski definition) is 3. The van der Waals surface area contributed by atoms with Crippen molar-refractivity contribution in [2.24, 2.45) is 5.92 Å². The number of likely N-dealkylation sites (tertiary alicyclic amines) is 2. The first-order valence-corrected chi connectivity index (χ1v) is 7.94. The number of hydrogen-bond donors (Lipinski definition) is 1. The highest BCUT2D eigenvalue weighted by Gasteiger charge is 2.27. The normalized spacial score (nSPS) is 25.7. The van der Waals surface area contributed by atoms with Crippen LogP contribution in [0.3, 0.4) is 0 Å². The third-order valence-electron chi connectivity index (χ3n) is 4.76. The van der Waals surface area contributed by atoms with E-state index in [1.165, 1.54) is 71.4 Å². The van der Waals surface area contributed by atoms with Crippen LogP contribution in [0.4, 0.5) is 0 Å². The van der Waals surface area contributed by atoms with Crippen molar-refractivity contribution >= 4 is 0 Å². The largest absolute Gasteiger partial charge is 0.319 e. The molecule has 3 heteroatoms. The molecule has 3 nitrogen and oxygen atoms in total. The lowest BCUT2D eigenvalue weighted by molar-refractivity contribution is 0.0779. The molecule has 0 saturated carbocycles. The molecular formula is C15H31N3. The molecule has 0 radical (unpaired) electrons. The van der Waals surface area contributed by atoms with Crippen LogP contribution >= 0.6 is 0 Å². The molecule has 2 aliphatic rings. The minimum atomic E-state index is 0.883. The number of nitrogens with one attached hydrogen (secondary N) is 1. The Morgan fingerprint density at radius 2 is 1.67 bits per heavy atom. The second kappa shape index (κ2) is 7.46. The summed E-state index contributed by atoms with van der Waals surface area (Å²) in [4.78, 5) is 5.42. The van der Waals surface area contributed by atoms with Crippen molar-refractivity contribution in [1.29, 1.82) is 0 Å². The van der Waals surface area contributed by atoms with Crippen LogP contribution < -0.4 is 5.32 Å². The van der Waals surface area contributed by atoms with Crippen molar-refractivity contribution in [3.63, 3.8) is 0 Å². The highest BCUT2D eigenvalue weighted by Crippen LogP contribution is 2.23. The van der Waals surface area contributed by atoms with Crippen molar-refractivity contribution in [2.75, 3.05) is 46.3 Å². The fourth-order valence-electron chi connectivity index (χ4n) is 3.64. The van der Waals surface area contributed by atoms with Crippen LogP contribution in [0.1, 0.15) is 39.0 Å². The molecule has 2 saturated heterocycles. The van der Waals surface area contributed by atoms with Gasteiger partial charge in [0, 0.05) is 6.04 Å². The maximum absolute atomic E-state index is 3.33. The average Bonchev–Trinajstić information content (AvgIpc) is 2.41. The van der Waals surface area contributed by atoms with Crippen molar-refractivity contribution in [2.45, 2.75) is 45.1 Å². The molecule has 18 heavy (non-hydrogen) atoms. The van der Waals surface area contributed by atoms with Gasteiger partial charge in [-0.25, -0.2) is 0 Å². The molecule has 0 aliphatic carbocycles. The molecular weight excluding hydrogens is 222 g/mol. The van der Waals surface area contributed by atoms with Gasteiger partial charge in [-0.05, 0) is 84.3 Å². The fraction of sp³-hybridized carbons (Fsp3) is 1.00. The minimum Gasteiger partial charge on any atom is -0.319 e. The first-order chi connectivity index (χ1) is 8.83. The lowest BCUT2D eigenvalue weighted by Gasteiger charge is -2.41. The maximum Gasteiger partial charge on any atom is 0.0120 e. The van der Waals surface area contributed by atoms with E-state index in [0.29, 0.717) is 0 Å². The van der Waals surface area contributed by atoms with Crippen molar-refractivity contribution < 1.29 is 0 Å². The number of piperidine rings is 2. The molecule has 0 amide bonds. The quantitative estimate of drug-likeness (QED) is 0.806. The van der Waals surface area contributed by atoms with E-state index in [1.807, 2.05) is 0 Å². The highest BCUT2D eigenvalue weighted by atomic mass is 15.2. The molecule has 0 aromatic rings. The van der Waals surface area contributed by atoms with Gasteiger partial charge in [-0.15, -0.1) is 0 Å². The topological polar surface area (TPSA) is 18.5 Å². The summed E-state index contributed by atoms with van der Waals surface area (Å²) in [5.74, 6) is 0.923. The summed E-state index contributed by atoms with van der Waals surface area (Å²) in [5, 5.41) is 3.33. The smallest absolute Gasteiger partial charge is 0.0120 e. The molecule has 2 aliphatic heterocycles. The van der Waals surface area contributed by atoms with Crippen molar-refractivity contribution in [3.05, 3.63) is 0 Å². The Balaban J connectivity index is 1.68. The molecule has 2 heterocycles. The molecule has 0 aromatic heterocycles. The first kappa shape index (κ1) is 14.3. The van der Waals surface area contributed by atoms with Gasteiger partial charge in [0.15, 0.2) is 0 Å². The van der Waals surface area contributed by atoms with Gasteiger partial charge in [-0.3, -0.25) is 0 Å². The Kier molecular flexibility index (Phi) is 5.93. The summed E-state index contributed by atoms with van der Waals surface area (Å²) >= 11 is 0. The molecule has 0 bridgehead atoms. The van der Waals surface area contributed by atoms with Crippen LogP contribution in [-0.2, 0) is 0 Å². The Hall–Kier alpha value is -0.120. The van der Waals surface area contributed by atoms with Crippen molar-refractivity contribution in [1.82, 2.24) is 15.1 Å². The molecule has 0 aromatic carbocycles. The standard InChI is InChI=1S/C15H31N3/c1-3-8-17-9-6-15(7-10-17)18-11-4-14(5-12-18)13-16-2/h14-16H,3-13H2,1-2H3. The summed E-state index contributed by atoms with van der Waals surface area (Å²) in [6, 6.07) is 0.883. The van der Waals surface area contributed by atoms with Gasteiger partial charge in [0.1, 0.15) is 0 Å². The van der Waals surface area contributed by atoms with Crippen LogP contribution in [0.2, 0.25) is 0 Å². The van der Waals surface area contributed by atoms with Gasteiger partial charge in [-0.2, -0.15) is 0 Å². The zero-order valence-electron chi connectivity index (χ0n) is 12.3. The summed E-state index contributed by atoms with van der Waals surface area (Å²) in [5.41, 5.74) is 0. The summed E-state index contributed by atoms with van der Waals surface area (Å²) in [6.07, 6.45) is 6.90. The lowest BCUT2D eigenvalue weighted by Crippen LogP contribution is -2.48. The third kappa shape index (κ3) is 3.94. The Bertz CT molecular complexity index is 192. The van der Waals surface area contributed by atoms with E-state index in [4.69, 9.17) is 0 Å². The summed E-state index contributed by atoms with van der Waals surface area (Å²) in [7, 11) is 2.08. The minimum absolute atomic E-state index is 0.883. The van der Waals surface area contributed by atoms with E-state index < -0.39 is 0 Å². The maximum atomic E-state index is 3.33. The summed E-state index contributed by atoms with van der Waals surface area (Å²) < 4.78 is 0. The third-order valence-corrected chi connectivity index (χ3v) is 4.76. The predicted molar refractivity (Wildman–Crippen MR) is 78.0 cm³/mol. The fourth-order valence-corrected chi connectivity index (χ4v) is 3.64. The summed E-state index contributed by atoms with van der Waals surface area (Å²) in [6.45, 7) is 10.1. The van der Waals surface area contributed by atoms with E-state index in [1.54, 1.807) is 0 Å². The van der Waals surface area contributed by atoms with Crippen LogP contribution in [0.5, 0.6) is 0 Å². The molecule has 0 spiro atoms. The van der Waals surface area contributed by atoms with E-state index in [9.17, 15) is 0 Å². The van der Waals surface area contributed by atoms with Crippen molar-refractivity contribution in [3.8, 4) is 0 Å². The van der Waals surface area contributed by atoms with E-state index in [0.717, 1.165) is 12.0 Å². The Morgan fingerprint density at radius 3 is 2.22 bits per heavy atom. The van der Waals surface area contributed by atoms with Gasteiger partial charge >= 0.3 is 0 Å². The van der Waals surface area contributed by atoms with Gasteiger partial charge in [0.2, 0.25) is 0 Å². The second-order valence-electron chi connectivity index (χ2n) is 6.11. The van der Waals surface area contributed by atoms with Gasteiger partial charge in [0.25, 0.3) is 0 Å². The van der Waals surface area contributed by atoms with E-state index in [2.05, 4.69) is 29.1 Å². The van der Waals surface area contributed by atoms with Crippen LogP contribution in [0.15, 0.2) is 0 Å². The zero-order chi connectivity index (χ0) is 12.8. The molecule has 2 rings (SSSR count). The molecule has 1 N–H and O–H groups in total. The number of rotatable bonds is 5. The molecule has 106 valence electrons. The predicted octanol–water partition coefficient (Wildman–Crippen LogP) is 1.79. The molecule has 0 unspecified atom stereocenters. The second-order valence-corrected chi connectivity index (χ2v) is 6.11.